The van der Waals surface area contributed by atoms with Gasteiger partial charge in [0.2, 0.25) is 0 Å². The standard InChI is InChI=1S/C21H25ClN2/c1-6-21(4)15(22)11-13-17(19(21)23-5)16-12-9-7-8-10-14(12)24-18(16)20(13,2)3/h6-10,13,15,24H,1,5,11,23H2,2-4H3. The van der Waals surface area contributed by atoms with Gasteiger partial charge in [0.15, 0.2) is 0 Å². The van der Waals surface area contributed by atoms with Crippen LogP contribution in [0.4, 0.5) is 0 Å². The molecule has 2 aliphatic carbocycles. The number of para-hydroxylation sites is 1. The maximum Gasteiger partial charge on any atom is 0.0948 e. The zero-order valence-electron chi connectivity index (χ0n) is 14.6. The molecule has 1 aromatic heterocycles. The van der Waals surface area contributed by atoms with E-state index in [2.05, 4.69) is 63.6 Å². The van der Waals surface area contributed by atoms with E-state index in [0.29, 0.717) is 5.92 Å². The fourth-order valence-electron chi connectivity index (χ4n) is 4.83. The molecule has 3 heteroatoms. The van der Waals surface area contributed by atoms with Crippen molar-refractivity contribution in [1.82, 2.24) is 4.98 Å². The molecule has 2 aromatic rings. The maximum absolute atomic E-state index is 6.86. The van der Waals surface area contributed by atoms with Crippen LogP contribution in [0.1, 0.15) is 38.4 Å². The highest BCUT2D eigenvalue weighted by Crippen LogP contribution is 2.60. The molecular weight excluding hydrogens is 316 g/mol. The fourth-order valence-corrected chi connectivity index (χ4v) is 5.21. The number of aromatic amines is 1. The lowest BCUT2D eigenvalue weighted by atomic mass is 9.65. The molecule has 2 aliphatic rings. The minimum absolute atomic E-state index is 0.0336. The van der Waals surface area contributed by atoms with Gasteiger partial charge in [0.25, 0.3) is 0 Å². The van der Waals surface area contributed by atoms with Gasteiger partial charge >= 0.3 is 0 Å². The van der Waals surface area contributed by atoms with Crippen LogP contribution < -0.4 is 5.32 Å². The van der Waals surface area contributed by atoms with Gasteiger partial charge in [-0.25, -0.2) is 0 Å². The molecule has 4 rings (SSSR count). The van der Waals surface area contributed by atoms with Crippen molar-refractivity contribution >= 4 is 28.1 Å². The largest absolute Gasteiger partial charge is 0.448 e. The minimum Gasteiger partial charge on any atom is -0.448 e. The number of nitrogens with two attached hydrogens (primary N) is 1. The summed E-state index contributed by atoms with van der Waals surface area (Å²) < 4.78 is 0. The lowest BCUT2D eigenvalue weighted by Crippen LogP contribution is -2.79. The van der Waals surface area contributed by atoms with E-state index >= 15 is 0 Å². The van der Waals surface area contributed by atoms with Crippen molar-refractivity contribution in [3.05, 3.63) is 60.9 Å². The van der Waals surface area contributed by atoms with E-state index in [1.54, 1.807) is 0 Å². The average Bonchev–Trinajstić information content (AvgIpc) is 3.04. The van der Waals surface area contributed by atoms with Crippen molar-refractivity contribution in [3.63, 3.8) is 0 Å². The number of halogens is 1. The molecule has 0 saturated heterocycles. The maximum atomic E-state index is 6.86. The smallest absolute Gasteiger partial charge is 0.0948 e. The van der Waals surface area contributed by atoms with Crippen molar-refractivity contribution in [2.75, 3.05) is 0 Å². The number of allylic oxidation sites excluding steroid dienone is 2. The molecule has 0 saturated carbocycles. The molecule has 0 bridgehead atoms. The van der Waals surface area contributed by atoms with E-state index in [4.69, 9.17) is 11.6 Å². The summed E-state index contributed by atoms with van der Waals surface area (Å²) in [6, 6.07) is 8.58. The molecule has 0 radical (unpaired) electrons. The predicted octanol–water partition coefficient (Wildman–Crippen LogP) is 4.34. The Balaban J connectivity index is 2.12. The minimum atomic E-state index is -0.245. The lowest BCUT2D eigenvalue weighted by Gasteiger charge is -2.43. The van der Waals surface area contributed by atoms with Gasteiger partial charge in [-0.3, -0.25) is 0 Å². The topological polar surface area (TPSA) is 32.4 Å². The number of rotatable bonds is 2. The lowest BCUT2D eigenvalue weighted by molar-refractivity contribution is -0.553. The number of H-pyrrole nitrogens is 1. The quantitative estimate of drug-likeness (QED) is 0.463. The van der Waals surface area contributed by atoms with Crippen molar-refractivity contribution in [2.24, 2.45) is 11.3 Å². The van der Waals surface area contributed by atoms with Crippen LogP contribution in [0.3, 0.4) is 0 Å². The molecule has 1 aromatic carbocycles. The van der Waals surface area contributed by atoms with E-state index in [-0.39, 0.29) is 16.2 Å². The number of quaternary nitrogens is 1. The normalized spacial score (nSPS) is 31.2. The third kappa shape index (κ3) is 1.76. The van der Waals surface area contributed by atoms with Crippen LogP contribution in [0.5, 0.6) is 0 Å². The van der Waals surface area contributed by atoms with Crippen molar-refractivity contribution in [2.45, 2.75) is 38.0 Å². The molecule has 0 amide bonds. The molecule has 1 heterocycles. The van der Waals surface area contributed by atoms with Crippen LogP contribution >= 0.6 is 11.6 Å². The van der Waals surface area contributed by atoms with Crippen LogP contribution in [0.2, 0.25) is 0 Å². The van der Waals surface area contributed by atoms with E-state index in [0.717, 1.165) is 6.42 Å². The van der Waals surface area contributed by atoms with Gasteiger partial charge in [-0.2, -0.15) is 0 Å². The van der Waals surface area contributed by atoms with Crippen LogP contribution in [0, 0.1) is 18.4 Å². The Morgan fingerprint density at radius 2 is 2.04 bits per heavy atom. The number of alkyl halides is 1. The first-order valence-electron chi connectivity index (χ1n) is 8.62. The summed E-state index contributed by atoms with van der Waals surface area (Å²) >= 11 is 6.86. The predicted molar refractivity (Wildman–Crippen MR) is 102 cm³/mol. The number of aromatic nitrogens is 1. The second kappa shape index (κ2) is 5.00. The van der Waals surface area contributed by atoms with Crippen LogP contribution in [-0.4, -0.2) is 10.4 Å². The fraction of sp³-hybridized carbons (Fsp3) is 0.381. The highest BCUT2D eigenvalue weighted by molar-refractivity contribution is 6.22. The van der Waals surface area contributed by atoms with Gasteiger partial charge < -0.3 is 10.3 Å². The van der Waals surface area contributed by atoms with Crippen molar-refractivity contribution in [1.29, 1.82) is 0 Å². The molecule has 0 aliphatic heterocycles. The first-order chi connectivity index (χ1) is 11.4. The Labute approximate surface area is 149 Å². The van der Waals surface area contributed by atoms with Gasteiger partial charge in [-0.15, -0.1) is 25.2 Å². The summed E-state index contributed by atoms with van der Waals surface area (Å²) in [5, 5.41) is 3.34. The molecule has 3 atom stereocenters. The Hall–Kier alpha value is -1.51. The van der Waals surface area contributed by atoms with Gasteiger partial charge in [0.1, 0.15) is 0 Å². The number of hydrogen-bond acceptors (Lipinski definition) is 0. The van der Waals surface area contributed by atoms with E-state index in [1.165, 1.54) is 33.4 Å². The molecule has 0 spiro atoms. The molecule has 0 fully saturated rings. The van der Waals surface area contributed by atoms with E-state index in [9.17, 15) is 0 Å². The number of nitrogens with one attached hydrogen (secondary N) is 1. The number of benzene rings is 1. The highest BCUT2D eigenvalue weighted by atomic mass is 35.5. The van der Waals surface area contributed by atoms with Crippen LogP contribution in [0.15, 0.2) is 42.6 Å². The second-order valence-corrected chi connectivity index (χ2v) is 8.44. The molecular formula is C21H25ClN2. The van der Waals surface area contributed by atoms with E-state index < -0.39 is 0 Å². The average molecular weight is 341 g/mol. The zero-order chi connectivity index (χ0) is 17.3. The van der Waals surface area contributed by atoms with Gasteiger partial charge in [0, 0.05) is 39.1 Å². The third-order valence-electron chi connectivity index (χ3n) is 6.43. The Morgan fingerprint density at radius 3 is 2.71 bits per heavy atom. The van der Waals surface area contributed by atoms with Gasteiger partial charge in [0.05, 0.1) is 16.5 Å². The SMILES string of the molecule is C=CC1(C)C([NH2+][CH2-])=C2c3c([nH]c4ccccc34)C(C)(C)C2CC1Cl. The first-order valence-corrected chi connectivity index (χ1v) is 9.06. The number of fused-ring (bicyclic) bond motifs is 5. The molecule has 126 valence electrons. The monoisotopic (exact) mass is 340 g/mol. The summed E-state index contributed by atoms with van der Waals surface area (Å²) in [6.45, 7) is 10.9. The van der Waals surface area contributed by atoms with Gasteiger partial charge in [-0.1, -0.05) is 38.1 Å². The summed E-state index contributed by atoms with van der Waals surface area (Å²) in [7, 11) is 4.13. The summed E-state index contributed by atoms with van der Waals surface area (Å²) in [5.74, 6) is 0.409. The zero-order valence-corrected chi connectivity index (χ0v) is 15.4. The van der Waals surface area contributed by atoms with E-state index in [1.807, 2.05) is 11.4 Å². The first kappa shape index (κ1) is 16.0. The summed E-state index contributed by atoms with van der Waals surface area (Å²) in [4.78, 5) is 3.69. The van der Waals surface area contributed by atoms with Crippen LogP contribution in [-0.2, 0) is 5.41 Å². The molecule has 3 N–H and O–H groups in total. The Kier molecular flexibility index (Phi) is 3.33. The van der Waals surface area contributed by atoms with Crippen molar-refractivity contribution < 1.29 is 5.32 Å². The van der Waals surface area contributed by atoms with Gasteiger partial charge in [-0.05, 0) is 19.4 Å². The van der Waals surface area contributed by atoms with Crippen LogP contribution in [0.25, 0.3) is 16.5 Å². The second-order valence-electron chi connectivity index (χ2n) is 7.92. The number of hydrogen-bond donors (Lipinski definition) is 2. The van der Waals surface area contributed by atoms with Crippen molar-refractivity contribution in [3.8, 4) is 0 Å². The molecule has 2 nitrogen and oxygen atoms in total. The highest BCUT2D eigenvalue weighted by Gasteiger charge is 2.55. The Bertz CT molecular complexity index is 873. The third-order valence-corrected chi connectivity index (χ3v) is 7.06. The summed E-state index contributed by atoms with van der Waals surface area (Å²) in [5.41, 5.74) is 6.36. The molecule has 24 heavy (non-hydrogen) atoms. The summed E-state index contributed by atoms with van der Waals surface area (Å²) in [6.07, 6.45) is 2.96. The molecule has 3 unspecified atom stereocenters. The Morgan fingerprint density at radius 1 is 1.33 bits per heavy atom.